The third-order valence-corrected chi connectivity index (χ3v) is 5.71. The number of carbonyl (C=O) groups is 2. The summed E-state index contributed by atoms with van der Waals surface area (Å²) in [6, 6.07) is 16.2. The Morgan fingerprint density at radius 2 is 1.74 bits per heavy atom. The lowest BCUT2D eigenvalue weighted by Gasteiger charge is -2.34. The Morgan fingerprint density at radius 1 is 1.03 bits per heavy atom. The number of nitrogens with two attached hydrogens (primary N) is 1. The number of anilines is 2. The van der Waals surface area contributed by atoms with Gasteiger partial charge in [-0.3, -0.25) is 14.5 Å². The standard InChI is InChI=1S/C26H26N6O2/c1-2-3-13-31-14-16-32(17-15-31)26(34)20-11-9-19(10-12-20)22-18-28-24(27)23(30-22)25(33)29-21-7-5-4-6-8-21/h1,4-12,18H,3,13-17H2,(H2,27,28)(H,29,33). The fourth-order valence-electron chi connectivity index (χ4n) is 3.78. The summed E-state index contributed by atoms with van der Waals surface area (Å²) in [4.78, 5) is 38.3. The monoisotopic (exact) mass is 454 g/mol. The van der Waals surface area contributed by atoms with Crippen LogP contribution in [0.15, 0.2) is 60.8 Å². The zero-order valence-corrected chi connectivity index (χ0v) is 18.8. The van der Waals surface area contributed by atoms with Crippen molar-refractivity contribution in [1.29, 1.82) is 0 Å². The number of nitrogens with zero attached hydrogens (tertiary/aromatic N) is 4. The largest absolute Gasteiger partial charge is 0.382 e. The molecule has 0 bridgehead atoms. The molecule has 4 rings (SSSR count). The van der Waals surface area contributed by atoms with Gasteiger partial charge < -0.3 is 16.0 Å². The van der Waals surface area contributed by atoms with E-state index < -0.39 is 5.91 Å². The van der Waals surface area contributed by atoms with Crippen LogP contribution in [0.5, 0.6) is 0 Å². The summed E-state index contributed by atoms with van der Waals surface area (Å²) in [5, 5.41) is 2.77. The molecule has 1 fully saturated rings. The third-order valence-electron chi connectivity index (χ3n) is 5.71. The topological polar surface area (TPSA) is 104 Å². The fraction of sp³-hybridized carbons (Fsp3) is 0.231. The molecular weight excluding hydrogens is 428 g/mol. The van der Waals surface area contributed by atoms with Crippen molar-refractivity contribution >= 4 is 23.3 Å². The molecule has 3 aromatic rings. The van der Waals surface area contributed by atoms with E-state index in [2.05, 4.69) is 26.1 Å². The number of benzene rings is 2. The van der Waals surface area contributed by atoms with Crippen LogP contribution >= 0.6 is 0 Å². The number of nitrogens with one attached hydrogen (secondary N) is 1. The maximum Gasteiger partial charge on any atom is 0.278 e. The zero-order chi connectivity index (χ0) is 23.9. The molecule has 8 nitrogen and oxygen atoms in total. The molecular formula is C26H26N6O2. The average Bonchev–Trinajstić information content (AvgIpc) is 2.88. The van der Waals surface area contributed by atoms with E-state index in [1.165, 1.54) is 6.20 Å². The van der Waals surface area contributed by atoms with Crippen LogP contribution < -0.4 is 11.1 Å². The first kappa shape index (κ1) is 23.0. The molecule has 8 heteroatoms. The van der Waals surface area contributed by atoms with Crippen molar-refractivity contribution in [3.63, 3.8) is 0 Å². The van der Waals surface area contributed by atoms with Crippen molar-refractivity contribution in [2.24, 2.45) is 0 Å². The van der Waals surface area contributed by atoms with E-state index in [0.29, 0.717) is 30.0 Å². The number of rotatable bonds is 6. The highest BCUT2D eigenvalue weighted by molar-refractivity contribution is 6.06. The van der Waals surface area contributed by atoms with Gasteiger partial charge in [0.1, 0.15) is 0 Å². The molecule has 3 N–H and O–H groups in total. The van der Waals surface area contributed by atoms with Crippen molar-refractivity contribution in [1.82, 2.24) is 19.8 Å². The number of para-hydroxylation sites is 1. The molecule has 0 saturated carbocycles. The zero-order valence-electron chi connectivity index (χ0n) is 18.8. The third kappa shape index (κ3) is 5.39. The quantitative estimate of drug-likeness (QED) is 0.555. The van der Waals surface area contributed by atoms with Gasteiger partial charge in [-0.2, -0.15) is 0 Å². The fourth-order valence-corrected chi connectivity index (χ4v) is 3.78. The van der Waals surface area contributed by atoms with Crippen LogP contribution in [0, 0.1) is 12.3 Å². The molecule has 0 radical (unpaired) electrons. The van der Waals surface area contributed by atoms with E-state index in [0.717, 1.165) is 31.6 Å². The van der Waals surface area contributed by atoms with Gasteiger partial charge in [-0.15, -0.1) is 12.3 Å². The lowest BCUT2D eigenvalue weighted by molar-refractivity contribution is 0.0640. The smallest absolute Gasteiger partial charge is 0.278 e. The van der Waals surface area contributed by atoms with E-state index in [1.807, 2.05) is 23.1 Å². The number of hydrogen-bond donors (Lipinski definition) is 2. The molecule has 1 saturated heterocycles. The van der Waals surface area contributed by atoms with E-state index >= 15 is 0 Å². The summed E-state index contributed by atoms with van der Waals surface area (Å²) in [7, 11) is 0. The number of amides is 2. The second kappa shape index (κ2) is 10.6. The maximum atomic E-state index is 12.9. The Balaban J connectivity index is 1.44. The minimum absolute atomic E-state index is 0.00512. The molecule has 2 amide bonds. The lowest BCUT2D eigenvalue weighted by Crippen LogP contribution is -2.48. The summed E-state index contributed by atoms with van der Waals surface area (Å²) in [6.07, 6.45) is 7.57. The van der Waals surface area contributed by atoms with E-state index in [4.69, 9.17) is 12.2 Å². The highest BCUT2D eigenvalue weighted by Crippen LogP contribution is 2.21. The Kier molecular flexibility index (Phi) is 7.16. The highest BCUT2D eigenvalue weighted by atomic mass is 16.2. The molecule has 1 aliphatic rings. The van der Waals surface area contributed by atoms with Crippen molar-refractivity contribution < 1.29 is 9.59 Å². The second-order valence-corrected chi connectivity index (χ2v) is 7.97. The predicted octanol–water partition coefficient (Wildman–Crippen LogP) is 2.76. The van der Waals surface area contributed by atoms with Gasteiger partial charge in [-0.1, -0.05) is 30.3 Å². The number of carbonyl (C=O) groups excluding carboxylic acids is 2. The summed E-state index contributed by atoms with van der Waals surface area (Å²) in [6.45, 7) is 3.85. The van der Waals surface area contributed by atoms with Crippen LogP contribution in [-0.2, 0) is 0 Å². The average molecular weight is 455 g/mol. The molecule has 0 aliphatic carbocycles. The first-order valence-electron chi connectivity index (χ1n) is 11.1. The molecule has 1 aromatic heterocycles. The number of nitrogen functional groups attached to an aromatic ring is 1. The minimum Gasteiger partial charge on any atom is -0.382 e. The number of aromatic nitrogens is 2. The SMILES string of the molecule is C#CCCN1CCN(C(=O)c2ccc(-c3cnc(N)c(C(=O)Nc4ccccc4)n3)cc2)CC1. The molecule has 0 atom stereocenters. The van der Waals surface area contributed by atoms with E-state index in [1.54, 1.807) is 36.4 Å². The number of terminal acetylenes is 1. The van der Waals surface area contributed by atoms with Gasteiger partial charge in [0, 0.05) is 56.0 Å². The number of piperazine rings is 1. The van der Waals surface area contributed by atoms with E-state index in [-0.39, 0.29) is 17.4 Å². The number of hydrogen-bond acceptors (Lipinski definition) is 6. The van der Waals surface area contributed by atoms with Gasteiger partial charge >= 0.3 is 0 Å². The molecule has 1 aliphatic heterocycles. The van der Waals surface area contributed by atoms with Gasteiger partial charge in [-0.25, -0.2) is 9.97 Å². The van der Waals surface area contributed by atoms with E-state index in [9.17, 15) is 9.59 Å². The lowest BCUT2D eigenvalue weighted by atomic mass is 10.1. The van der Waals surface area contributed by atoms with Crippen molar-refractivity contribution in [2.75, 3.05) is 43.8 Å². The Labute approximate surface area is 198 Å². The van der Waals surface area contributed by atoms with Gasteiger partial charge in [0.2, 0.25) is 0 Å². The van der Waals surface area contributed by atoms with Crippen molar-refractivity contribution in [3.8, 4) is 23.6 Å². The summed E-state index contributed by atoms with van der Waals surface area (Å²) in [5.74, 6) is 2.26. The van der Waals surface area contributed by atoms with Crippen LogP contribution in [0.3, 0.4) is 0 Å². The molecule has 2 aromatic carbocycles. The Bertz CT molecular complexity index is 1200. The molecule has 0 spiro atoms. The summed E-state index contributed by atoms with van der Waals surface area (Å²) < 4.78 is 0. The predicted molar refractivity (Wildman–Crippen MR) is 132 cm³/mol. The summed E-state index contributed by atoms with van der Waals surface area (Å²) >= 11 is 0. The molecule has 34 heavy (non-hydrogen) atoms. The van der Waals surface area contributed by atoms with Crippen molar-refractivity contribution in [2.45, 2.75) is 6.42 Å². The summed E-state index contributed by atoms with van der Waals surface area (Å²) in [5.41, 5.74) is 8.42. The Hall–Kier alpha value is -4.22. The van der Waals surface area contributed by atoms with Gasteiger partial charge in [0.15, 0.2) is 11.5 Å². The first-order valence-corrected chi connectivity index (χ1v) is 11.1. The van der Waals surface area contributed by atoms with Crippen LogP contribution in [0.2, 0.25) is 0 Å². The van der Waals surface area contributed by atoms with Gasteiger partial charge in [0.25, 0.3) is 11.8 Å². The van der Waals surface area contributed by atoms with Crippen LogP contribution in [-0.4, -0.2) is 64.3 Å². The van der Waals surface area contributed by atoms with Crippen LogP contribution in [0.25, 0.3) is 11.3 Å². The normalized spacial score (nSPS) is 13.8. The molecule has 172 valence electrons. The highest BCUT2D eigenvalue weighted by Gasteiger charge is 2.22. The minimum atomic E-state index is -0.439. The van der Waals surface area contributed by atoms with Crippen LogP contribution in [0.4, 0.5) is 11.5 Å². The van der Waals surface area contributed by atoms with Crippen LogP contribution in [0.1, 0.15) is 27.3 Å². The van der Waals surface area contributed by atoms with Gasteiger partial charge in [0.05, 0.1) is 11.9 Å². The first-order chi connectivity index (χ1) is 16.5. The molecule has 0 unspecified atom stereocenters. The van der Waals surface area contributed by atoms with Gasteiger partial charge in [-0.05, 0) is 24.3 Å². The second-order valence-electron chi connectivity index (χ2n) is 7.97. The molecule has 2 heterocycles. The maximum absolute atomic E-state index is 12.9. The van der Waals surface area contributed by atoms with Crippen molar-refractivity contribution in [3.05, 3.63) is 72.1 Å². The Morgan fingerprint density at radius 3 is 2.41 bits per heavy atom.